The van der Waals surface area contributed by atoms with Gasteiger partial charge in [-0.25, -0.2) is 0 Å². The first-order valence-electron chi connectivity index (χ1n) is 6.90. The van der Waals surface area contributed by atoms with E-state index in [4.69, 9.17) is 0 Å². The summed E-state index contributed by atoms with van der Waals surface area (Å²) in [5.41, 5.74) is 4.28. The Labute approximate surface area is 116 Å². The molecule has 0 unspecified atom stereocenters. The molecule has 0 aliphatic rings. The van der Waals surface area contributed by atoms with Gasteiger partial charge in [0, 0.05) is 13.1 Å². The highest BCUT2D eigenvalue weighted by Crippen LogP contribution is 2.22. The van der Waals surface area contributed by atoms with Gasteiger partial charge in [0.15, 0.2) is 0 Å². The van der Waals surface area contributed by atoms with Crippen molar-refractivity contribution in [1.82, 2.24) is 5.32 Å². The van der Waals surface area contributed by atoms with Crippen LogP contribution in [0.1, 0.15) is 37.5 Å². The minimum absolute atomic E-state index is 0.232. The van der Waals surface area contributed by atoms with Crippen molar-refractivity contribution < 1.29 is 0 Å². The van der Waals surface area contributed by atoms with E-state index >= 15 is 0 Å². The number of benzene rings is 2. The summed E-state index contributed by atoms with van der Waals surface area (Å²) >= 11 is 0. The third kappa shape index (κ3) is 4.22. The van der Waals surface area contributed by atoms with E-state index in [9.17, 15) is 0 Å². The quantitative estimate of drug-likeness (QED) is 0.858. The van der Waals surface area contributed by atoms with Crippen molar-refractivity contribution in [2.24, 2.45) is 0 Å². The van der Waals surface area contributed by atoms with E-state index in [0.29, 0.717) is 0 Å². The SMILES string of the molecule is CC(C)(C)c1ccc(CNCc2ccccc2)cc1. The Bertz CT molecular complexity index is 491. The molecule has 2 rings (SSSR count). The molecule has 1 nitrogen and oxygen atoms in total. The Morgan fingerprint density at radius 2 is 1.26 bits per heavy atom. The average Bonchev–Trinajstić information content (AvgIpc) is 2.39. The summed E-state index contributed by atoms with van der Waals surface area (Å²) in [6, 6.07) is 19.4. The molecule has 19 heavy (non-hydrogen) atoms. The summed E-state index contributed by atoms with van der Waals surface area (Å²) in [6.45, 7) is 8.57. The van der Waals surface area contributed by atoms with Crippen molar-refractivity contribution in [3.63, 3.8) is 0 Å². The van der Waals surface area contributed by atoms with E-state index in [1.807, 2.05) is 0 Å². The summed E-state index contributed by atoms with van der Waals surface area (Å²) in [5, 5.41) is 3.48. The predicted molar refractivity (Wildman–Crippen MR) is 82.1 cm³/mol. The molecule has 0 bridgehead atoms. The van der Waals surface area contributed by atoms with Gasteiger partial charge in [-0.1, -0.05) is 75.4 Å². The highest BCUT2D eigenvalue weighted by molar-refractivity contribution is 5.27. The molecule has 1 heteroatoms. The Morgan fingerprint density at radius 3 is 1.79 bits per heavy atom. The first kappa shape index (κ1) is 13.8. The maximum Gasteiger partial charge on any atom is 0.0208 e. The fraction of sp³-hybridized carbons (Fsp3) is 0.333. The van der Waals surface area contributed by atoms with Gasteiger partial charge in [0.05, 0.1) is 0 Å². The fourth-order valence-corrected chi connectivity index (χ4v) is 2.07. The number of hydrogen-bond acceptors (Lipinski definition) is 1. The highest BCUT2D eigenvalue weighted by Gasteiger charge is 2.12. The van der Waals surface area contributed by atoms with Crippen LogP contribution in [0.4, 0.5) is 0 Å². The van der Waals surface area contributed by atoms with E-state index in [2.05, 4.69) is 80.7 Å². The van der Waals surface area contributed by atoms with Gasteiger partial charge in [-0.2, -0.15) is 0 Å². The van der Waals surface area contributed by atoms with Crippen LogP contribution >= 0.6 is 0 Å². The zero-order valence-electron chi connectivity index (χ0n) is 12.1. The average molecular weight is 253 g/mol. The van der Waals surface area contributed by atoms with Gasteiger partial charge in [-0.15, -0.1) is 0 Å². The van der Waals surface area contributed by atoms with Gasteiger partial charge in [0.1, 0.15) is 0 Å². The molecule has 100 valence electrons. The van der Waals surface area contributed by atoms with Crippen LogP contribution in [0.3, 0.4) is 0 Å². The Kier molecular flexibility index (Phi) is 4.39. The maximum absolute atomic E-state index is 3.48. The lowest BCUT2D eigenvalue weighted by Crippen LogP contribution is -2.14. The number of nitrogens with one attached hydrogen (secondary N) is 1. The topological polar surface area (TPSA) is 12.0 Å². The Morgan fingerprint density at radius 1 is 0.737 bits per heavy atom. The lowest BCUT2D eigenvalue weighted by atomic mass is 9.87. The van der Waals surface area contributed by atoms with E-state index in [1.165, 1.54) is 16.7 Å². The Balaban J connectivity index is 1.87. The molecule has 0 spiro atoms. The molecule has 0 aromatic heterocycles. The molecule has 0 saturated carbocycles. The molecular formula is C18H23N. The molecule has 0 fully saturated rings. The molecule has 0 radical (unpaired) electrons. The molecule has 0 saturated heterocycles. The van der Waals surface area contributed by atoms with Crippen LogP contribution in [0.15, 0.2) is 54.6 Å². The lowest BCUT2D eigenvalue weighted by Gasteiger charge is -2.19. The van der Waals surface area contributed by atoms with Gasteiger partial charge in [0.25, 0.3) is 0 Å². The van der Waals surface area contributed by atoms with Crippen molar-refractivity contribution in [2.75, 3.05) is 0 Å². The molecule has 2 aromatic carbocycles. The third-order valence-electron chi connectivity index (χ3n) is 3.32. The zero-order valence-corrected chi connectivity index (χ0v) is 12.1. The van der Waals surface area contributed by atoms with Crippen LogP contribution < -0.4 is 5.32 Å². The third-order valence-corrected chi connectivity index (χ3v) is 3.32. The van der Waals surface area contributed by atoms with Gasteiger partial charge < -0.3 is 5.32 Å². The maximum atomic E-state index is 3.48. The number of rotatable bonds is 4. The van der Waals surface area contributed by atoms with Gasteiger partial charge in [-0.05, 0) is 22.1 Å². The van der Waals surface area contributed by atoms with Gasteiger partial charge in [-0.3, -0.25) is 0 Å². The molecular weight excluding hydrogens is 230 g/mol. The lowest BCUT2D eigenvalue weighted by molar-refractivity contribution is 0.589. The van der Waals surface area contributed by atoms with E-state index < -0.39 is 0 Å². The standard InChI is InChI=1S/C18H23N/c1-18(2,3)17-11-9-16(10-12-17)14-19-13-15-7-5-4-6-8-15/h4-12,19H,13-14H2,1-3H3. The van der Waals surface area contributed by atoms with E-state index in [0.717, 1.165) is 13.1 Å². The molecule has 0 amide bonds. The number of hydrogen-bond donors (Lipinski definition) is 1. The smallest absolute Gasteiger partial charge is 0.0208 e. The molecule has 0 heterocycles. The van der Waals surface area contributed by atoms with Crippen molar-refractivity contribution >= 4 is 0 Å². The van der Waals surface area contributed by atoms with Crippen LogP contribution in [0.5, 0.6) is 0 Å². The minimum atomic E-state index is 0.232. The second-order valence-corrected chi connectivity index (χ2v) is 6.04. The first-order chi connectivity index (χ1) is 9.05. The Hall–Kier alpha value is -1.60. The monoisotopic (exact) mass is 253 g/mol. The molecule has 2 aromatic rings. The fourth-order valence-electron chi connectivity index (χ4n) is 2.07. The first-order valence-corrected chi connectivity index (χ1v) is 6.90. The highest BCUT2D eigenvalue weighted by atomic mass is 14.8. The summed E-state index contributed by atoms with van der Waals surface area (Å²) in [7, 11) is 0. The van der Waals surface area contributed by atoms with Crippen LogP contribution in [0, 0.1) is 0 Å². The predicted octanol–water partition coefficient (Wildman–Crippen LogP) is 4.27. The molecule has 1 N–H and O–H groups in total. The van der Waals surface area contributed by atoms with Gasteiger partial charge >= 0.3 is 0 Å². The second kappa shape index (κ2) is 6.03. The summed E-state index contributed by atoms with van der Waals surface area (Å²) in [5.74, 6) is 0. The summed E-state index contributed by atoms with van der Waals surface area (Å²) in [4.78, 5) is 0. The van der Waals surface area contributed by atoms with Crippen molar-refractivity contribution in [2.45, 2.75) is 39.3 Å². The van der Waals surface area contributed by atoms with Crippen LogP contribution in [0.25, 0.3) is 0 Å². The molecule has 0 aliphatic carbocycles. The van der Waals surface area contributed by atoms with Crippen molar-refractivity contribution in [1.29, 1.82) is 0 Å². The van der Waals surface area contributed by atoms with Crippen LogP contribution in [-0.4, -0.2) is 0 Å². The normalized spacial score (nSPS) is 11.5. The van der Waals surface area contributed by atoms with E-state index in [1.54, 1.807) is 0 Å². The van der Waals surface area contributed by atoms with Crippen LogP contribution in [-0.2, 0) is 18.5 Å². The minimum Gasteiger partial charge on any atom is -0.309 e. The van der Waals surface area contributed by atoms with Crippen LogP contribution in [0.2, 0.25) is 0 Å². The molecule has 0 atom stereocenters. The van der Waals surface area contributed by atoms with Gasteiger partial charge in [0.2, 0.25) is 0 Å². The van der Waals surface area contributed by atoms with Crippen molar-refractivity contribution in [3.8, 4) is 0 Å². The summed E-state index contributed by atoms with van der Waals surface area (Å²) in [6.07, 6.45) is 0. The summed E-state index contributed by atoms with van der Waals surface area (Å²) < 4.78 is 0. The second-order valence-electron chi connectivity index (χ2n) is 6.04. The van der Waals surface area contributed by atoms with E-state index in [-0.39, 0.29) is 5.41 Å². The van der Waals surface area contributed by atoms with Crippen molar-refractivity contribution in [3.05, 3.63) is 71.3 Å². The largest absolute Gasteiger partial charge is 0.309 e. The molecule has 0 aliphatic heterocycles. The zero-order chi connectivity index (χ0) is 13.7.